The van der Waals surface area contributed by atoms with E-state index in [-0.39, 0.29) is 6.04 Å². The Morgan fingerprint density at radius 2 is 1.95 bits per heavy atom. The second kappa shape index (κ2) is 6.77. The van der Waals surface area contributed by atoms with Crippen molar-refractivity contribution in [3.63, 3.8) is 0 Å². The normalized spacial score (nSPS) is 17.2. The molecule has 0 amide bonds. The highest BCUT2D eigenvalue weighted by Crippen LogP contribution is 2.33. The predicted molar refractivity (Wildman–Crippen MR) is 88.6 cm³/mol. The molecule has 21 heavy (non-hydrogen) atoms. The molecule has 0 aliphatic heterocycles. The van der Waals surface area contributed by atoms with Crippen molar-refractivity contribution in [3.05, 3.63) is 28.2 Å². The van der Waals surface area contributed by atoms with Gasteiger partial charge in [-0.3, -0.25) is 0 Å². The van der Waals surface area contributed by atoms with Crippen LogP contribution in [-0.4, -0.2) is 20.5 Å². The van der Waals surface area contributed by atoms with Crippen LogP contribution >= 0.6 is 15.9 Å². The number of hydrogen-bond acceptors (Lipinski definition) is 3. The summed E-state index contributed by atoms with van der Waals surface area (Å²) in [6.45, 7) is 6.73. The van der Waals surface area contributed by atoms with Crippen molar-refractivity contribution in [1.29, 1.82) is 0 Å². The Labute approximate surface area is 135 Å². The Morgan fingerprint density at radius 1 is 1.29 bits per heavy atom. The van der Waals surface area contributed by atoms with E-state index in [2.05, 4.69) is 39.8 Å². The summed E-state index contributed by atoms with van der Waals surface area (Å²) in [7, 11) is -3.48. The number of rotatable bonds is 7. The summed E-state index contributed by atoms with van der Waals surface area (Å²) < 4.78 is 28.4. The van der Waals surface area contributed by atoms with Gasteiger partial charge in [-0.2, -0.15) is 0 Å². The number of sulfonamides is 1. The summed E-state index contributed by atoms with van der Waals surface area (Å²) in [5.41, 5.74) is 0.964. The minimum atomic E-state index is -3.48. The Morgan fingerprint density at radius 3 is 2.52 bits per heavy atom. The molecule has 1 saturated carbocycles. The van der Waals surface area contributed by atoms with Crippen LogP contribution in [0.25, 0.3) is 0 Å². The first-order valence-corrected chi connectivity index (χ1v) is 9.61. The van der Waals surface area contributed by atoms with Crippen molar-refractivity contribution in [1.82, 2.24) is 10.0 Å². The molecular formula is C15H23BrN2O2S. The molecule has 2 rings (SSSR count). The largest absolute Gasteiger partial charge is 0.310 e. The van der Waals surface area contributed by atoms with Crippen molar-refractivity contribution in [2.75, 3.05) is 0 Å². The van der Waals surface area contributed by atoms with Gasteiger partial charge in [0.2, 0.25) is 10.0 Å². The van der Waals surface area contributed by atoms with Crippen LogP contribution in [0.5, 0.6) is 0 Å². The second-order valence-electron chi connectivity index (χ2n) is 6.05. The molecule has 0 aromatic heterocycles. The molecule has 0 radical (unpaired) electrons. The molecule has 1 aromatic carbocycles. The molecule has 2 N–H and O–H groups in total. The molecule has 1 aromatic rings. The topological polar surface area (TPSA) is 58.2 Å². The molecule has 1 unspecified atom stereocenters. The first-order valence-electron chi connectivity index (χ1n) is 7.33. The zero-order chi connectivity index (χ0) is 15.6. The number of halogens is 1. The van der Waals surface area contributed by atoms with Crippen LogP contribution in [0, 0.1) is 5.92 Å². The zero-order valence-corrected chi connectivity index (χ0v) is 15.1. The van der Waals surface area contributed by atoms with Gasteiger partial charge in [-0.05, 0) is 59.3 Å². The maximum absolute atomic E-state index is 12.5. The zero-order valence-electron chi connectivity index (χ0n) is 12.7. The molecule has 6 heteroatoms. The third-order valence-corrected chi connectivity index (χ3v) is 6.22. The molecule has 0 heterocycles. The Bertz CT molecular complexity index is 598. The monoisotopic (exact) mass is 374 g/mol. The third-order valence-electron chi connectivity index (χ3n) is 3.67. The minimum absolute atomic E-state index is 0.000606. The van der Waals surface area contributed by atoms with Gasteiger partial charge in [0.1, 0.15) is 0 Å². The minimum Gasteiger partial charge on any atom is -0.310 e. The van der Waals surface area contributed by atoms with E-state index in [1.165, 1.54) is 0 Å². The molecule has 1 aliphatic rings. The fraction of sp³-hybridized carbons (Fsp3) is 0.600. The quantitative estimate of drug-likeness (QED) is 0.770. The summed E-state index contributed by atoms with van der Waals surface area (Å²) in [5, 5.41) is 3.30. The Balaban J connectivity index is 2.18. The van der Waals surface area contributed by atoms with Gasteiger partial charge in [-0.25, -0.2) is 13.1 Å². The van der Waals surface area contributed by atoms with E-state index in [1.54, 1.807) is 12.1 Å². The van der Waals surface area contributed by atoms with Crippen LogP contribution in [0.4, 0.5) is 0 Å². The standard InChI is InChI=1S/C15H23BrN2O2S/c1-10(2)17-9-12-4-7-14(16)15(8-12)21(19,20)18-11(3)13-5-6-13/h4,7-8,10-11,13,17-18H,5-6,9H2,1-3H3. The maximum atomic E-state index is 12.5. The van der Waals surface area contributed by atoms with Gasteiger partial charge in [0.15, 0.2) is 0 Å². The van der Waals surface area contributed by atoms with E-state index in [4.69, 9.17) is 0 Å². The fourth-order valence-corrected chi connectivity index (χ4v) is 4.51. The molecule has 118 valence electrons. The molecule has 0 saturated heterocycles. The highest BCUT2D eigenvalue weighted by molar-refractivity contribution is 9.10. The molecule has 1 fully saturated rings. The van der Waals surface area contributed by atoms with E-state index >= 15 is 0 Å². The first-order chi connectivity index (χ1) is 9.79. The number of benzene rings is 1. The Kier molecular flexibility index (Phi) is 5.46. The SMILES string of the molecule is CC(C)NCc1ccc(Br)c(S(=O)(=O)NC(C)C2CC2)c1. The van der Waals surface area contributed by atoms with Crippen LogP contribution in [0.3, 0.4) is 0 Å². The van der Waals surface area contributed by atoms with Crippen LogP contribution in [0.1, 0.15) is 39.2 Å². The fourth-order valence-electron chi connectivity index (χ4n) is 2.19. The lowest BCUT2D eigenvalue weighted by Gasteiger charge is -2.15. The molecule has 1 aliphatic carbocycles. The predicted octanol–water partition coefficient (Wildman–Crippen LogP) is 3.02. The molecular weight excluding hydrogens is 352 g/mol. The maximum Gasteiger partial charge on any atom is 0.241 e. The lowest BCUT2D eigenvalue weighted by molar-refractivity contribution is 0.537. The summed E-state index contributed by atoms with van der Waals surface area (Å²) in [6, 6.07) is 5.83. The highest BCUT2D eigenvalue weighted by atomic mass is 79.9. The van der Waals surface area contributed by atoms with E-state index in [0.717, 1.165) is 18.4 Å². The van der Waals surface area contributed by atoms with E-state index in [9.17, 15) is 8.42 Å². The van der Waals surface area contributed by atoms with Gasteiger partial charge in [0.25, 0.3) is 0 Å². The van der Waals surface area contributed by atoms with Gasteiger partial charge in [-0.15, -0.1) is 0 Å². The van der Waals surface area contributed by atoms with Crippen molar-refractivity contribution in [3.8, 4) is 0 Å². The molecule has 0 spiro atoms. The van der Waals surface area contributed by atoms with Crippen LogP contribution in [-0.2, 0) is 16.6 Å². The average molecular weight is 375 g/mol. The summed E-state index contributed by atoms with van der Waals surface area (Å²) in [4.78, 5) is 0.318. The van der Waals surface area contributed by atoms with Crippen molar-refractivity contribution < 1.29 is 8.42 Å². The first kappa shape index (κ1) is 16.9. The Hall–Kier alpha value is -0.430. The van der Waals surface area contributed by atoms with E-state index in [1.807, 2.05) is 13.0 Å². The van der Waals surface area contributed by atoms with Gasteiger partial charge < -0.3 is 5.32 Å². The van der Waals surface area contributed by atoms with E-state index < -0.39 is 10.0 Å². The third kappa shape index (κ3) is 4.77. The van der Waals surface area contributed by atoms with E-state index in [0.29, 0.717) is 27.9 Å². The van der Waals surface area contributed by atoms with Gasteiger partial charge >= 0.3 is 0 Å². The second-order valence-corrected chi connectivity index (χ2v) is 8.58. The number of hydrogen-bond donors (Lipinski definition) is 2. The summed E-state index contributed by atoms with van der Waals surface area (Å²) in [5.74, 6) is 0.490. The van der Waals surface area contributed by atoms with Crippen molar-refractivity contribution in [2.24, 2.45) is 5.92 Å². The van der Waals surface area contributed by atoms with Crippen molar-refractivity contribution in [2.45, 2.75) is 57.1 Å². The summed E-state index contributed by atoms with van der Waals surface area (Å²) >= 11 is 3.35. The van der Waals surface area contributed by atoms with Crippen LogP contribution in [0.2, 0.25) is 0 Å². The van der Waals surface area contributed by atoms with Crippen molar-refractivity contribution >= 4 is 26.0 Å². The highest BCUT2D eigenvalue weighted by Gasteiger charge is 2.31. The van der Waals surface area contributed by atoms with Gasteiger partial charge in [0, 0.05) is 23.1 Å². The smallest absolute Gasteiger partial charge is 0.241 e. The molecule has 4 nitrogen and oxygen atoms in total. The molecule has 0 bridgehead atoms. The van der Waals surface area contributed by atoms with Crippen LogP contribution < -0.4 is 10.0 Å². The lowest BCUT2D eigenvalue weighted by Crippen LogP contribution is -2.34. The summed E-state index contributed by atoms with van der Waals surface area (Å²) in [6.07, 6.45) is 2.23. The molecule has 1 atom stereocenters. The van der Waals surface area contributed by atoms with Gasteiger partial charge in [-0.1, -0.05) is 19.9 Å². The lowest BCUT2D eigenvalue weighted by atomic mass is 10.2. The van der Waals surface area contributed by atoms with Gasteiger partial charge in [0.05, 0.1) is 4.90 Å². The van der Waals surface area contributed by atoms with Crippen LogP contribution in [0.15, 0.2) is 27.6 Å². The number of nitrogens with one attached hydrogen (secondary N) is 2. The average Bonchev–Trinajstić information content (AvgIpc) is 3.21.